The number of carbonyl (C=O) groups is 1. The standard InChI is InChI=1S/C28H40N6O2/c1-21-18-34(14-10-26(21)33-13-7-22-5-3-4-6-23(22)19-33)28(35)25-17-27(30-20-29-25)31-24-8-11-32(12-9-24)15-16-36-2/h3-6,17,20-21,24,26H,7-16,18-19H2,1-2H3,(H,29,30,31)/t21-,26-/m0/s1. The number of hydrogen-bond acceptors (Lipinski definition) is 7. The summed E-state index contributed by atoms with van der Waals surface area (Å²) in [5.74, 6) is 1.19. The third-order valence-electron chi connectivity index (χ3n) is 8.21. The quantitative estimate of drug-likeness (QED) is 0.637. The van der Waals surface area contributed by atoms with E-state index in [2.05, 4.69) is 56.3 Å². The average molecular weight is 493 g/mol. The van der Waals surface area contributed by atoms with Crippen molar-refractivity contribution in [2.75, 3.05) is 58.3 Å². The fourth-order valence-corrected chi connectivity index (χ4v) is 6.11. The maximum atomic E-state index is 13.4. The van der Waals surface area contributed by atoms with Gasteiger partial charge in [0.1, 0.15) is 17.8 Å². The van der Waals surface area contributed by atoms with Crippen molar-refractivity contribution < 1.29 is 9.53 Å². The molecule has 0 unspecified atom stereocenters. The molecule has 36 heavy (non-hydrogen) atoms. The van der Waals surface area contributed by atoms with Gasteiger partial charge in [0, 0.05) is 71.1 Å². The smallest absolute Gasteiger partial charge is 0.272 e. The molecular formula is C28H40N6O2. The molecule has 1 aromatic heterocycles. The van der Waals surface area contributed by atoms with Gasteiger partial charge < -0.3 is 19.9 Å². The number of anilines is 1. The lowest BCUT2D eigenvalue weighted by Gasteiger charge is -2.44. The van der Waals surface area contributed by atoms with E-state index >= 15 is 0 Å². The van der Waals surface area contributed by atoms with Crippen molar-refractivity contribution in [2.24, 2.45) is 5.92 Å². The number of carbonyl (C=O) groups excluding carboxylic acids is 1. The van der Waals surface area contributed by atoms with Crippen LogP contribution in [0.15, 0.2) is 36.7 Å². The lowest BCUT2D eigenvalue weighted by Crippen LogP contribution is -2.52. The van der Waals surface area contributed by atoms with Gasteiger partial charge in [0.05, 0.1) is 6.61 Å². The Morgan fingerprint density at radius 3 is 2.67 bits per heavy atom. The number of methoxy groups -OCH3 is 1. The fraction of sp³-hybridized carbons (Fsp3) is 0.607. The lowest BCUT2D eigenvalue weighted by atomic mass is 9.89. The molecule has 8 heteroatoms. The van der Waals surface area contributed by atoms with Crippen molar-refractivity contribution in [1.82, 2.24) is 24.7 Å². The number of hydrogen-bond donors (Lipinski definition) is 1. The van der Waals surface area contributed by atoms with Crippen LogP contribution in [0.25, 0.3) is 0 Å². The highest BCUT2D eigenvalue weighted by Crippen LogP contribution is 2.28. The maximum Gasteiger partial charge on any atom is 0.272 e. The van der Waals surface area contributed by atoms with Gasteiger partial charge in [-0.05, 0) is 42.7 Å². The predicted molar refractivity (Wildman–Crippen MR) is 141 cm³/mol. The zero-order valence-corrected chi connectivity index (χ0v) is 21.7. The number of rotatable bonds is 7. The Morgan fingerprint density at radius 1 is 1.08 bits per heavy atom. The van der Waals surface area contributed by atoms with Gasteiger partial charge in [-0.3, -0.25) is 9.69 Å². The molecule has 0 bridgehead atoms. The number of fused-ring (bicyclic) bond motifs is 1. The normalized spacial score (nSPS) is 23.9. The number of nitrogens with zero attached hydrogens (tertiary/aromatic N) is 5. The summed E-state index contributed by atoms with van der Waals surface area (Å²) in [6.45, 7) is 9.81. The number of amides is 1. The van der Waals surface area contributed by atoms with Gasteiger partial charge in [0.15, 0.2) is 0 Å². The van der Waals surface area contributed by atoms with E-state index in [1.807, 2.05) is 11.0 Å². The van der Waals surface area contributed by atoms with Crippen LogP contribution in [0.1, 0.15) is 47.8 Å². The number of benzene rings is 1. The number of likely N-dealkylation sites (tertiary alicyclic amines) is 2. The molecule has 0 aliphatic carbocycles. The third kappa shape index (κ3) is 5.88. The Bertz CT molecular complexity index is 1020. The molecule has 2 saturated heterocycles. The monoisotopic (exact) mass is 492 g/mol. The molecule has 0 saturated carbocycles. The van der Waals surface area contributed by atoms with E-state index in [-0.39, 0.29) is 5.91 Å². The summed E-state index contributed by atoms with van der Waals surface area (Å²) in [6.07, 6.45) is 5.76. The maximum absolute atomic E-state index is 13.4. The molecule has 0 spiro atoms. The van der Waals surface area contributed by atoms with Crippen molar-refractivity contribution >= 4 is 11.7 Å². The Balaban J connectivity index is 1.14. The van der Waals surface area contributed by atoms with Gasteiger partial charge in [0.2, 0.25) is 0 Å². The second-order valence-corrected chi connectivity index (χ2v) is 10.6. The van der Waals surface area contributed by atoms with Crippen LogP contribution in [0, 0.1) is 5.92 Å². The van der Waals surface area contributed by atoms with E-state index < -0.39 is 0 Å². The summed E-state index contributed by atoms with van der Waals surface area (Å²) in [5.41, 5.74) is 3.43. The van der Waals surface area contributed by atoms with E-state index in [1.165, 1.54) is 17.5 Å². The summed E-state index contributed by atoms with van der Waals surface area (Å²) in [6, 6.07) is 11.5. The number of nitrogens with one attached hydrogen (secondary N) is 1. The first kappa shape index (κ1) is 25.1. The fourth-order valence-electron chi connectivity index (χ4n) is 6.11. The van der Waals surface area contributed by atoms with Gasteiger partial charge in [-0.1, -0.05) is 31.2 Å². The van der Waals surface area contributed by atoms with Gasteiger partial charge in [-0.15, -0.1) is 0 Å². The van der Waals surface area contributed by atoms with E-state index in [0.29, 0.717) is 23.7 Å². The second-order valence-electron chi connectivity index (χ2n) is 10.6. The zero-order chi connectivity index (χ0) is 24.9. The molecule has 3 aliphatic heterocycles. The van der Waals surface area contributed by atoms with Crippen molar-refractivity contribution in [1.29, 1.82) is 0 Å². The minimum atomic E-state index is 0.0177. The van der Waals surface area contributed by atoms with Crippen LogP contribution >= 0.6 is 0 Å². The van der Waals surface area contributed by atoms with E-state index in [0.717, 1.165) is 83.9 Å². The summed E-state index contributed by atoms with van der Waals surface area (Å²) in [4.78, 5) is 29.1. The first-order chi connectivity index (χ1) is 17.6. The topological polar surface area (TPSA) is 73.8 Å². The van der Waals surface area contributed by atoms with Crippen molar-refractivity contribution in [3.8, 4) is 0 Å². The van der Waals surface area contributed by atoms with Crippen LogP contribution in [-0.4, -0.2) is 95.6 Å². The highest BCUT2D eigenvalue weighted by Gasteiger charge is 2.34. The van der Waals surface area contributed by atoms with E-state index in [4.69, 9.17) is 4.74 Å². The minimum Gasteiger partial charge on any atom is -0.383 e. The minimum absolute atomic E-state index is 0.0177. The van der Waals surface area contributed by atoms with Crippen LogP contribution < -0.4 is 5.32 Å². The molecule has 3 aliphatic rings. The first-order valence-corrected chi connectivity index (χ1v) is 13.5. The molecule has 2 atom stereocenters. The number of ether oxygens (including phenoxy) is 1. The molecule has 5 rings (SSSR count). The van der Waals surface area contributed by atoms with Crippen molar-refractivity contribution in [3.05, 3.63) is 53.5 Å². The Labute approximate surface area is 215 Å². The van der Waals surface area contributed by atoms with Crippen LogP contribution in [0.5, 0.6) is 0 Å². The van der Waals surface area contributed by atoms with Crippen LogP contribution in [-0.2, 0) is 17.7 Å². The molecule has 4 heterocycles. The summed E-state index contributed by atoms with van der Waals surface area (Å²) in [5, 5.41) is 3.54. The summed E-state index contributed by atoms with van der Waals surface area (Å²) < 4.78 is 5.20. The van der Waals surface area contributed by atoms with E-state index in [1.54, 1.807) is 7.11 Å². The van der Waals surface area contributed by atoms with Crippen molar-refractivity contribution in [3.63, 3.8) is 0 Å². The molecule has 2 aromatic rings. The molecule has 1 aromatic carbocycles. The summed E-state index contributed by atoms with van der Waals surface area (Å²) in [7, 11) is 1.75. The highest BCUT2D eigenvalue weighted by molar-refractivity contribution is 5.93. The number of piperidine rings is 2. The van der Waals surface area contributed by atoms with E-state index in [9.17, 15) is 4.79 Å². The zero-order valence-electron chi connectivity index (χ0n) is 21.7. The molecule has 1 amide bonds. The van der Waals surface area contributed by atoms with Gasteiger partial charge >= 0.3 is 0 Å². The second kappa shape index (κ2) is 11.7. The predicted octanol–water partition coefficient (Wildman–Crippen LogP) is 2.91. The molecule has 2 fully saturated rings. The SMILES string of the molecule is COCCN1CCC(Nc2cc(C(=O)N3CC[C@H](N4CCc5ccccc5C4)[C@@H](C)C3)ncn2)CC1. The first-order valence-electron chi connectivity index (χ1n) is 13.5. The van der Waals surface area contributed by atoms with Crippen LogP contribution in [0.3, 0.4) is 0 Å². The van der Waals surface area contributed by atoms with Crippen LogP contribution in [0.2, 0.25) is 0 Å². The van der Waals surface area contributed by atoms with Gasteiger partial charge in [-0.25, -0.2) is 9.97 Å². The molecule has 194 valence electrons. The van der Waals surface area contributed by atoms with Crippen molar-refractivity contribution in [2.45, 2.75) is 51.2 Å². The van der Waals surface area contributed by atoms with Crippen LogP contribution in [0.4, 0.5) is 5.82 Å². The molecule has 0 radical (unpaired) electrons. The van der Waals surface area contributed by atoms with Gasteiger partial charge in [0.25, 0.3) is 5.91 Å². The van der Waals surface area contributed by atoms with Gasteiger partial charge in [-0.2, -0.15) is 0 Å². The molecular weight excluding hydrogens is 452 g/mol. The lowest BCUT2D eigenvalue weighted by molar-refractivity contribution is 0.0414. The summed E-state index contributed by atoms with van der Waals surface area (Å²) >= 11 is 0. The average Bonchev–Trinajstić information content (AvgIpc) is 2.92. The Morgan fingerprint density at radius 2 is 1.89 bits per heavy atom. The Kier molecular flexibility index (Phi) is 8.14. The largest absolute Gasteiger partial charge is 0.383 e. The highest BCUT2D eigenvalue weighted by atomic mass is 16.5. The molecule has 1 N–H and O–H groups in total. The Hall–Kier alpha value is -2.55. The molecule has 8 nitrogen and oxygen atoms in total. The third-order valence-corrected chi connectivity index (χ3v) is 8.21. The number of aromatic nitrogens is 2.